The molecule has 1 saturated carbocycles. The number of nitrogens with two attached hydrogens (primary N) is 1. The Morgan fingerprint density at radius 2 is 2.36 bits per heavy atom. The average molecular weight is 304 g/mol. The fraction of sp³-hybridized carbons (Fsp3) is 0.625. The van der Waals surface area contributed by atoms with E-state index < -0.39 is 17.9 Å². The Bertz CT molecular complexity index is 522. The number of isocyanates is 1. The van der Waals surface area contributed by atoms with Crippen LogP contribution in [0.25, 0.3) is 0 Å². The highest BCUT2D eigenvalue weighted by Gasteiger charge is 2.41. The van der Waals surface area contributed by atoms with Gasteiger partial charge >= 0.3 is 0 Å². The molecule has 22 heavy (non-hydrogen) atoms. The van der Waals surface area contributed by atoms with Crippen molar-refractivity contribution in [1.29, 1.82) is 0 Å². The van der Waals surface area contributed by atoms with E-state index in [1.54, 1.807) is 6.08 Å². The number of carbonyl (C=O) groups excluding carboxylic acids is 2. The van der Waals surface area contributed by atoms with Gasteiger partial charge in [0.1, 0.15) is 0 Å². The maximum Gasteiger partial charge on any atom is 0.235 e. The number of amides is 1. The number of aliphatic imine (C=N–C) groups is 1. The lowest BCUT2D eigenvalue weighted by atomic mass is 9.73. The number of aromatic amines is 1. The molecule has 4 unspecified atom stereocenters. The summed E-state index contributed by atoms with van der Waals surface area (Å²) in [5, 5.41) is 3.44. The van der Waals surface area contributed by atoms with Crippen molar-refractivity contribution in [3.8, 4) is 0 Å². The first-order chi connectivity index (χ1) is 10.7. The third-order valence-electron chi connectivity index (χ3n) is 4.47. The van der Waals surface area contributed by atoms with E-state index in [4.69, 9.17) is 5.73 Å². The molecular weight excluding hydrogens is 280 g/mol. The lowest BCUT2D eigenvalue weighted by Gasteiger charge is -2.38. The largest absolute Gasteiger partial charge is 0.369 e. The van der Waals surface area contributed by atoms with E-state index in [1.165, 1.54) is 0 Å². The van der Waals surface area contributed by atoms with Crippen molar-refractivity contribution >= 4 is 12.0 Å². The number of H-pyrrole nitrogens is 1. The van der Waals surface area contributed by atoms with Crippen molar-refractivity contribution < 1.29 is 9.59 Å². The Hall–Kier alpha value is -1.91. The molecule has 1 aliphatic carbocycles. The zero-order chi connectivity index (χ0) is 15.9. The van der Waals surface area contributed by atoms with Gasteiger partial charge in [-0.05, 0) is 37.9 Å². The lowest BCUT2D eigenvalue weighted by Crippen LogP contribution is -2.51. The molecule has 120 valence electrons. The van der Waals surface area contributed by atoms with Crippen LogP contribution in [0.1, 0.15) is 44.2 Å². The van der Waals surface area contributed by atoms with Crippen LogP contribution in [0.3, 0.4) is 0 Å². The van der Waals surface area contributed by atoms with Gasteiger partial charge < -0.3 is 16.0 Å². The average Bonchev–Trinajstić information content (AvgIpc) is 3.03. The molecule has 4 atom stereocenters. The van der Waals surface area contributed by atoms with Gasteiger partial charge in [0.25, 0.3) is 0 Å². The fourth-order valence-electron chi connectivity index (χ4n) is 3.31. The molecule has 0 aliphatic heterocycles. The van der Waals surface area contributed by atoms with Crippen molar-refractivity contribution in [2.75, 3.05) is 6.54 Å². The quantitative estimate of drug-likeness (QED) is 0.404. The van der Waals surface area contributed by atoms with Gasteiger partial charge in [0.05, 0.1) is 12.0 Å². The van der Waals surface area contributed by atoms with Crippen LogP contribution in [0.5, 0.6) is 0 Å². The number of aromatic nitrogens is 1. The van der Waals surface area contributed by atoms with Gasteiger partial charge in [0, 0.05) is 23.9 Å². The zero-order valence-corrected chi connectivity index (χ0v) is 12.9. The first-order valence-electron chi connectivity index (χ1n) is 7.90. The lowest BCUT2D eigenvalue weighted by molar-refractivity contribution is -0.123. The molecule has 1 aromatic rings. The molecule has 2 rings (SSSR count). The zero-order valence-electron chi connectivity index (χ0n) is 12.9. The first-order valence-corrected chi connectivity index (χ1v) is 7.90. The highest BCUT2D eigenvalue weighted by molar-refractivity contribution is 5.78. The van der Waals surface area contributed by atoms with Crippen molar-refractivity contribution in [3.05, 3.63) is 24.0 Å². The predicted octanol–water partition coefficient (Wildman–Crippen LogP) is 1.46. The summed E-state index contributed by atoms with van der Waals surface area (Å²) in [4.78, 5) is 29.7. The molecule has 0 saturated heterocycles. The Kier molecular flexibility index (Phi) is 5.92. The van der Waals surface area contributed by atoms with Crippen LogP contribution in [0.2, 0.25) is 0 Å². The van der Waals surface area contributed by atoms with Gasteiger partial charge in [0.15, 0.2) is 0 Å². The Morgan fingerprint density at radius 3 is 2.95 bits per heavy atom. The van der Waals surface area contributed by atoms with E-state index >= 15 is 0 Å². The van der Waals surface area contributed by atoms with Gasteiger partial charge in [0.2, 0.25) is 12.0 Å². The highest BCUT2D eigenvalue weighted by Crippen LogP contribution is 2.37. The summed E-state index contributed by atoms with van der Waals surface area (Å²) < 4.78 is 0. The number of nitrogens with zero attached hydrogens (tertiary/aromatic N) is 1. The predicted molar refractivity (Wildman–Crippen MR) is 84.1 cm³/mol. The third-order valence-corrected chi connectivity index (χ3v) is 4.47. The molecule has 0 bridgehead atoms. The number of hydrogen-bond donors (Lipinski definition) is 3. The number of nitrogens with one attached hydrogen (secondary N) is 2. The number of primary amides is 1. The second-order valence-corrected chi connectivity index (χ2v) is 5.93. The van der Waals surface area contributed by atoms with E-state index in [1.807, 2.05) is 18.3 Å². The van der Waals surface area contributed by atoms with E-state index in [2.05, 4.69) is 22.2 Å². The van der Waals surface area contributed by atoms with Crippen molar-refractivity contribution in [3.63, 3.8) is 0 Å². The topological polar surface area (TPSA) is 100 Å². The minimum atomic E-state index is -0.442. The number of unbranched alkanes of at least 4 members (excludes halogenated alkanes) is 1. The molecule has 1 aliphatic rings. The minimum absolute atomic E-state index is 0.0347. The summed E-state index contributed by atoms with van der Waals surface area (Å²) in [5.41, 5.74) is 6.65. The van der Waals surface area contributed by atoms with Crippen LogP contribution in [-0.2, 0) is 9.59 Å². The monoisotopic (exact) mass is 304 g/mol. The van der Waals surface area contributed by atoms with Crippen LogP contribution in [-0.4, -0.2) is 35.6 Å². The fourth-order valence-corrected chi connectivity index (χ4v) is 3.31. The van der Waals surface area contributed by atoms with Gasteiger partial charge in [-0.15, -0.1) is 0 Å². The van der Waals surface area contributed by atoms with E-state index in [9.17, 15) is 9.59 Å². The molecule has 1 heterocycles. The molecule has 1 amide bonds. The highest BCUT2D eigenvalue weighted by atomic mass is 16.1. The summed E-state index contributed by atoms with van der Waals surface area (Å²) in [7, 11) is 0. The van der Waals surface area contributed by atoms with Crippen LogP contribution >= 0.6 is 0 Å². The maximum atomic E-state index is 11.8. The van der Waals surface area contributed by atoms with Gasteiger partial charge in [-0.25, -0.2) is 9.79 Å². The third kappa shape index (κ3) is 3.84. The standard InChI is InChI=1S/C16H24N4O2/c1-2-3-6-19-14-9-11(13-5-4-7-18-13)8-12(16(17)22)15(14)20-10-21/h4-5,7,11-12,14-15,18-19H,2-3,6,8-9H2,1H3,(H2,17,22). The van der Waals surface area contributed by atoms with Crippen LogP contribution < -0.4 is 11.1 Å². The van der Waals surface area contributed by atoms with Crippen molar-refractivity contribution in [2.45, 2.75) is 50.6 Å². The molecule has 1 aromatic heterocycles. The molecule has 6 nitrogen and oxygen atoms in total. The van der Waals surface area contributed by atoms with E-state index in [-0.39, 0.29) is 12.0 Å². The number of rotatable bonds is 7. The smallest absolute Gasteiger partial charge is 0.235 e. The SMILES string of the molecule is CCCCNC1CC(c2ccc[nH]2)CC(C(N)=O)C1N=C=O. The normalized spacial score (nSPS) is 28.0. The van der Waals surface area contributed by atoms with Gasteiger partial charge in [-0.2, -0.15) is 0 Å². The summed E-state index contributed by atoms with van der Waals surface area (Å²) in [5.74, 6) is -0.630. The van der Waals surface area contributed by atoms with E-state index in [0.717, 1.165) is 31.5 Å². The van der Waals surface area contributed by atoms with Crippen molar-refractivity contribution in [1.82, 2.24) is 10.3 Å². The summed E-state index contributed by atoms with van der Waals surface area (Å²) in [6.45, 7) is 2.96. The maximum absolute atomic E-state index is 11.8. The Balaban J connectivity index is 2.20. The molecule has 0 spiro atoms. The summed E-state index contributed by atoms with van der Waals surface area (Å²) in [6, 6.07) is 3.52. The molecule has 0 radical (unpaired) electrons. The molecule has 0 aromatic carbocycles. The van der Waals surface area contributed by atoms with Crippen LogP contribution in [0.15, 0.2) is 23.3 Å². The molecule has 4 N–H and O–H groups in total. The van der Waals surface area contributed by atoms with Gasteiger partial charge in [-0.1, -0.05) is 13.3 Å². The summed E-state index contributed by atoms with van der Waals surface area (Å²) >= 11 is 0. The number of carbonyl (C=O) groups is 1. The van der Waals surface area contributed by atoms with Gasteiger partial charge in [-0.3, -0.25) is 4.79 Å². The minimum Gasteiger partial charge on any atom is -0.369 e. The van der Waals surface area contributed by atoms with E-state index in [0.29, 0.717) is 6.42 Å². The molecular formula is C16H24N4O2. The van der Waals surface area contributed by atoms with Crippen LogP contribution in [0, 0.1) is 5.92 Å². The van der Waals surface area contributed by atoms with Crippen LogP contribution in [0.4, 0.5) is 0 Å². The molecule has 6 heteroatoms. The first kappa shape index (κ1) is 16.5. The second-order valence-electron chi connectivity index (χ2n) is 5.93. The second kappa shape index (κ2) is 7.92. The molecule has 1 fully saturated rings. The Morgan fingerprint density at radius 1 is 1.55 bits per heavy atom. The Labute approximate surface area is 130 Å². The summed E-state index contributed by atoms with van der Waals surface area (Å²) in [6.07, 6.45) is 7.05. The number of hydrogen-bond acceptors (Lipinski definition) is 4. The van der Waals surface area contributed by atoms with Crippen molar-refractivity contribution in [2.24, 2.45) is 16.6 Å².